The van der Waals surface area contributed by atoms with Crippen molar-refractivity contribution in [2.75, 3.05) is 5.32 Å². The number of benzene rings is 4. The second-order valence-electron chi connectivity index (χ2n) is 13.3. The van der Waals surface area contributed by atoms with Crippen LogP contribution in [0.15, 0.2) is 103 Å². The number of nitro benzene ring substituents is 1. The predicted octanol–water partition coefficient (Wildman–Crippen LogP) is 4.10. The molecule has 4 rings (SSSR count). The maximum atomic E-state index is 13.9. The average molecular weight is 789 g/mol. The Morgan fingerprint density at radius 3 is 1.77 bits per heavy atom. The van der Waals surface area contributed by atoms with Gasteiger partial charge in [-0.05, 0) is 54.3 Å². The Balaban J connectivity index is 1.57. The Labute approximate surface area is 327 Å². The van der Waals surface area contributed by atoms with E-state index in [1.807, 2.05) is 0 Å². The van der Waals surface area contributed by atoms with Crippen molar-refractivity contribution in [3.8, 4) is 0 Å². The van der Waals surface area contributed by atoms with Gasteiger partial charge in [-0.15, -0.1) is 0 Å². The van der Waals surface area contributed by atoms with Gasteiger partial charge in [0.2, 0.25) is 23.6 Å². The molecule has 0 radical (unpaired) electrons. The highest BCUT2D eigenvalue weighted by molar-refractivity contribution is 6.34. The molecule has 294 valence electrons. The van der Waals surface area contributed by atoms with E-state index in [2.05, 4.69) is 26.6 Å². The van der Waals surface area contributed by atoms with Crippen molar-refractivity contribution in [3.05, 3.63) is 141 Å². The van der Waals surface area contributed by atoms with Gasteiger partial charge in [-0.2, -0.15) is 0 Å². The number of nitrogens with one attached hydrogen (secondary N) is 5. The second kappa shape index (κ2) is 19.9. The fourth-order valence-electron chi connectivity index (χ4n) is 5.59. The molecule has 0 spiro atoms. The van der Waals surface area contributed by atoms with Crippen LogP contribution in [0.2, 0.25) is 5.02 Å². The molecule has 0 aromatic heterocycles. The third-order valence-electron chi connectivity index (χ3n) is 8.66. The van der Waals surface area contributed by atoms with E-state index >= 15 is 0 Å². The summed E-state index contributed by atoms with van der Waals surface area (Å²) in [6.07, 6.45) is -1.73. The summed E-state index contributed by atoms with van der Waals surface area (Å²) in [7, 11) is 0. The highest BCUT2D eigenvalue weighted by Crippen LogP contribution is 2.27. The number of aliphatic hydroxyl groups excluding tert-OH is 1. The van der Waals surface area contributed by atoms with Gasteiger partial charge in [0.15, 0.2) is 0 Å². The van der Waals surface area contributed by atoms with E-state index in [1.165, 1.54) is 37.3 Å². The standard InChI is InChI=1S/C40H42ClFN6O8/c1-23(2)34(46-36(50)27-12-8-5-9-13-27)39(53)44-33(21-26-14-16-28(42)17-15-26)38(52)47-35(24(3)49)40(54)45-32(20-25-10-6-4-7-11-25)37(51)43-31-19-18-29(48(55)56)22-30(31)41/h4-19,22-24,32-35,49H,20-21H2,1-3H3,(H,43,51)(H,44,53)(H,45,54)(H,46,50)(H,47,52)/t24-,32+,33+,34+,35+/m1/s1. The first kappa shape index (κ1) is 42.6. The third kappa shape index (κ3) is 12.2. The highest BCUT2D eigenvalue weighted by Gasteiger charge is 2.34. The zero-order valence-corrected chi connectivity index (χ0v) is 31.5. The van der Waals surface area contributed by atoms with Crippen LogP contribution in [0, 0.1) is 21.8 Å². The number of hydrogen-bond acceptors (Lipinski definition) is 8. The first-order valence-corrected chi connectivity index (χ1v) is 18.0. The van der Waals surface area contributed by atoms with Crippen LogP contribution in [0.3, 0.4) is 0 Å². The van der Waals surface area contributed by atoms with E-state index in [0.717, 1.165) is 12.1 Å². The Bertz CT molecular complexity index is 2020. The molecule has 16 heteroatoms. The zero-order valence-electron chi connectivity index (χ0n) is 30.7. The first-order valence-electron chi connectivity index (χ1n) is 17.6. The number of rotatable bonds is 17. The van der Waals surface area contributed by atoms with Crippen molar-refractivity contribution in [2.24, 2.45) is 5.92 Å². The molecule has 5 amide bonds. The van der Waals surface area contributed by atoms with E-state index in [1.54, 1.807) is 74.5 Å². The molecule has 0 aliphatic rings. The fraction of sp³-hybridized carbons (Fsp3) is 0.275. The molecule has 5 atom stereocenters. The number of nitro groups is 1. The maximum Gasteiger partial charge on any atom is 0.271 e. The van der Waals surface area contributed by atoms with Crippen LogP contribution in [0.1, 0.15) is 42.3 Å². The van der Waals surface area contributed by atoms with Crippen LogP contribution in [0.5, 0.6) is 0 Å². The molecule has 4 aromatic carbocycles. The molecule has 6 N–H and O–H groups in total. The summed E-state index contributed by atoms with van der Waals surface area (Å²) in [6, 6.07) is 20.1. The molecule has 0 heterocycles. The van der Waals surface area contributed by atoms with Crippen LogP contribution < -0.4 is 26.6 Å². The first-order chi connectivity index (χ1) is 26.6. The minimum Gasteiger partial charge on any atom is -0.391 e. The number of halogens is 2. The SMILES string of the molecule is CC(C)[C@H](NC(=O)c1ccccc1)C(=O)N[C@@H](Cc1ccc(F)cc1)C(=O)N[C@H](C(=O)N[C@@H](Cc1ccccc1)C(=O)Nc1ccc([N+](=O)[O-])cc1Cl)[C@@H](C)O. The molecule has 0 unspecified atom stereocenters. The number of aliphatic hydroxyl groups is 1. The van der Waals surface area contributed by atoms with Gasteiger partial charge in [0.1, 0.15) is 30.0 Å². The van der Waals surface area contributed by atoms with Crippen LogP contribution >= 0.6 is 11.6 Å². The number of hydrogen-bond donors (Lipinski definition) is 6. The maximum absolute atomic E-state index is 13.9. The molecule has 0 saturated heterocycles. The largest absolute Gasteiger partial charge is 0.391 e. The smallest absolute Gasteiger partial charge is 0.271 e. The Morgan fingerprint density at radius 1 is 0.696 bits per heavy atom. The van der Waals surface area contributed by atoms with Gasteiger partial charge >= 0.3 is 0 Å². The Kier molecular flexibility index (Phi) is 15.1. The van der Waals surface area contributed by atoms with E-state index < -0.39 is 76.5 Å². The van der Waals surface area contributed by atoms with Crippen molar-refractivity contribution in [2.45, 2.75) is 63.9 Å². The molecule has 0 saturated carbocycles. The molecule has 0 fully saturated rings. The summed E-state index contributed by atoms with van der Waals surface area (Å²) in [6.45, 7) is 4.65. The molecule has 56 heavy (non-hydrogen) atoms. The lowest BCUT2D eigenvalue weighted by atomic mass is 10.00. The third-order valence-corrected chi connectivity index (χ3v) is 8.97. The van der Waals surface area contributed by atoms with Crippen molar-refractivity contribution < 1.29 is 38.4 Å². The van der Waals surface area contributed by atoms with Crippen LogP contribution in [0.25, 0.3) is 0 Å². The van der Waals surface area contributed by atoms with Gasteiger partial charge in [-0.3, -0.25) is 34.1 Å². The minimum atomic E-state index is -1.65. The van der Waals surface area contributed by atoms with Crippen LogP contribution in [-0.4, -0.2) is 69.8 Å². The predicted molar refractivity (Wildman–Crippen MR) is 207 cm³/mol. The van der Waals surface area contributed by atoms with Crippen molar-refractivity contribution in [3.63, 3.8) is 0 Å². The fourth-order valence-corrected chi connectivity index (χ4v) is 5.82. The minimum absolute atomic E-state index is 0.0361. The lowest BCUT2D eigenvalue weighted by Crippen LogP contribution is -2.61. The number of anilines is 1. The molecule has 4 aromatic rings. The molecule has 0 aliphatic carbocycles. The summed E-state index contributed by atoms with van der Waals surface area (Å²) in [4.78, 5) is 78.6. The molecule has 14 nitrogen and oxygen atoms in total. The molecular formula is C40H42ClFN6O8. The molecule has 0 bridgehead atoms. The molecular weight excluding hydrogens is 747 g/mol. The summed E-state index contributed by atoms with van der Waals surface area (Å²) >= 11 is 6.20. The van der Waals surface area contributed by atoms with Crippen molar-refractivity contribution in [1.29, 1.82) is 0 Å². The number of amides is 5. The van der Waals surface area contributed by atoms with Gasteiger partial charge in [-0.1, -0.05) is 86.1 Å². The normalized spacial score (nSPS) is 13.6. The summed E-state index contributed by atoms with van der Waals surface area (Å²) < 4.78 is 13.8. The number of nitrogens with zero attached hydrogens (tertiary/aromatic N) is 1. The topological polar surface area (TPSA) is 209 Å². The van der Waals surface area contributed by atoms with Crippen LogP contribution in [0.4, 0.5) is 15.8 Å². The van der Waals surface area contributed by atoms with Gasteiger partial charge in [0.05, 0.1) is 21.7 Å². The Hall–Kier alpha value is -6.19. The summed E-state index contributed by atoms with van der Waals surface area (Å²) in [5, 5.41) is 34.7. The summed E-state index contributed by atoms with van der Waals surface area (Å²) in [5.41, 5.74) is 1.13. The summed E-state index contributed by atoms with van der Waals surface area (Å²) in [5.74, 6) is -4.81. The molecule has 0 aliphatic heterocycles. The lowest BCUT2D eigenvalue weighted by molar-refractivity contribution is -0.384. The van der Waals surface area contributed by atoms with Gasteiger partial charge in [-0.25, -0.2) is 4.39 Å². The second-order valence-corrected chi connectivity index (χ2v) is 13.7. The van der Waals surface area contributed by atoms with Gasteiger partial charge in [0.25, 0.3) is 11.6 Å². The number of non-ortho nitro benzene ring substituents is 1. The average Bonchev–Trinajstić information content (AvgIpc) is 3.17. The van der Waals surface area contributed by atoms with Gasteiger partial charge < -0.3 is 31.7 Å². The van der Waals surface area contributed by atoms with Crippen LogP contribution in [-0.2, 0) is 32.0 Å². The monoisotopic (exact) mass is 788 g/mol. The number of carbonyl (C=O) groups excluding carboxylic acids is 5. The number of carbonyl (C=O) groups is 5. The highest BCUT2D eigenvalue weighted by atomic mass is 35.5. The zero-order chi connectivity index (χ0) is 40.9. The van der Waals surface area contributed by atoms with E-state index in [-0.39, 0.29) is 29.2 Å². The van der Waals surface area contributed by atoms with Crippen molar-refractivity contribution >= 4 is 52.5 Å². The van der Waals surface area contributed by atoms with E-state index in [9.17, 15) is 43.6 Å². The van der Waals surface area contributed by atoms with Gasteiger partial charge in [0, 0.05) is 30.5 Å². The van der Waals surface area contributed by atoms with E-state index in [4.69, 9.17) is 11.6 Å². The Morgan fingerprint density at radius 2 is 1.23 bits per heavy atom. The lowest BCUT2D eigenvalue weighted by Gasteiger charge is -2.28. The van der Waals surface area contributed by atoms with Crippen molar-refractivity contribution in [1.82, 2.24) is 21.3 Å². The quantitative estimate of drug-likeness (QED) is 0.0677. The van der Waals surface area contributed by atoms with E-state index in [0.29, 0.717) is 16.7 Å².